The molecule has 0 radical (unpaired) electrons. The summed E-state index contributed by atoms with van der Waals surface area (Å²) in [7, 11) is 0. The zero-order valence-corrected chi connectivity index (χ0v) is 7.45. The van der Waals surface area contributed by atoms with Gasteiger partial charge in [0.05, 0.1) is 0 Å². The van der Waals surface area contributed by atoms with E-state index in [2.05, 4.69) is 11.9 Å². The van der Waals surface area contributed by atoms with Crippen molar-refractivity contribution >= 4 is 11.1 Å². The Morgan fingerprint density at radius 1 is 1.46 bits per heavy atom. The van der Waals surface area contributed by atoms with Gasteiger partial charge in [-0.15, -0.1) is 0 Å². The zero-order valence-electron chi connectivity index (χ0n) is 7.45. The van der Waals surface area contributed by atoms with E-state index in [9.17, 15) is 0 Å². The van der Waals surface area contributed by atoms with Crippen LogP contribution in [0.5, 0.6) is 0 Å². The fourth-order valence-corrected chi connectivity index (χ4v) is 1.30. The number of aliphatic hydroxyl groups excluding tert-OH is 1. The molecule has 3 heteroatoms. The van der Waals surface area contributed by atoms with Gasteiger partial charge >= 0.3 is 0 Å². The molecule has 0 amide bonds. The standard InChI is InChI=1S/C10H11NO2/c1-2-7-3-4-8-9(5-7)13-10(6-12)11-8/h3-5,12H,2,6H2,1H3. The van der Waals surface area contributed by atoms with E-state index in [0.717, 1.165) is 17.5 Å². The summed E-state index contributed by atoms with van der Waals surface area (Å²) in [6.45, 7) is 1.95. The van der Waals surface area contributed by atoms with Gasteiger partial charge in [0.25, 0.3) is 0 Å². The summed E-state index contributed by atoms with van der Waals surface area (Å²) in [5.41, 5.74) is 2.78. The molecule has 2 rings (SSSR count). The average Bonchev–Trinajstić information content (AvgIpc) is 2.58. The van der Waals surface area contributed by atoms with Gasteiger partial charge in [-0.2, -0.15) is 0 Å². The van der Waals surface area contributed by atoms with Gasteiger partial charge in [-0.3, -0.25) is 0 Å². The van der Waals surface area contributed by atoms with Gasteiger partial charge in [0.1, 0.15) is 12.1 Å². The van der Waals surface area contributed by atoms with Crippen molar-refractivity contribution in [2.75, 3.05) is 0 Å². The molecule has 1 N–H and O–H groups in total. The number of rotatable bonds is 2. The van der Waals surface area contributed by atoms with Crippen LogP contribution in [0.2, 0.25) is 0 Å². The first-order valence-corrected chi connectivity index (χ1v) is 4.32. The number of fused-ring (bicyclic) bond motifs is 1. The smallest absolute Gasteiger partial charge is 0.221 e. The summed E-state index contributed by atoms with van der Waals surface area (Å²) in [6.07, 6.45) is 0.977. The molecule has 3 nitrogen and oxygen atoms in total. The van der Waals surface area contributed by atoms with Crippen LogP contribution >= 0.6 is 0 Å². The molecule has 0 spiro atoms. The van der Waals surface area contributed by atoms with Gasteiger partial charge in [0, 0.05) is 0 Å². The Bertz CT molecular complexity index is 418. The number of nitrogens with zero attached hydrogens (tertiary/aromatic N) is 1. The number of hydrogen-bond acceptors (Lipinski definition) is 3. The Labute approximate surface area is 76.0 Å². The Hall–Kier alpha value is -1.35. The molecule has 0 aliphatic heterocycles. The first kappa shape index (κ1) is 8.26. The molecule has 0 saturated carbocycles. The van der Waals surface area contributed by atoms with Crippen molar-refractivity contribution in [3.8, 4) is 0 Å². The van der Waals surface area contributed by atoms with Crippen molar-refractivity contribution < 1.29 is 9.52 Å². The maximum absolute atomic E-state index is 8.81. The predicted molar refractivity (Wildman–Crippen MR) is 49.3 cm³/mol. The summed E-state index contributed by atoms with van der Waals surface area (Å²) in [6, 6.07) is 5.89. The van der Waals surface area contributed by atoms with Crippen LogP contribution in [0.4, 0.5) is 0 Å². The van der Waals surface area contributed by atoms with Crippen LogP contribution in [-0.4, -0.2) is 10.1 Å². The fourth-order valence-electron chi connectivity index (χ4n) is 1.30. The summed E-state index contributed by atoms with van der Waals surface area (Å²) >= 11 is 0. The van der Waals surface area contributed by atoms with Crippen molar-refractivity contribution in [1.82, 2.24) is 4.98 Å². The van der Waals surface area contributed by atoms with Gasteiger partial charge < -0.3 is 9.52 Å². The molecule has 13 heavy (non-hydrogen) atoms. The molecule has 0 atom stereocenters. The van der Waals surface area contributed by atoms with E-state index in [0.29, 0.717) is 5.89 Å². The molecule has 0 aliphatic carbocycles. The summed E-state index contributed by atoms with van der Waals surface area (Å²) in [5, 5.41) is 8.81. The number of oxazole rings is 1. The van der Waals surface area contributed by atoms with E-state index >= 15 is 0 Å². The Morgan fingerprint density at radius 3 is 3.00 bits per heavy atom. The number of aliphatic hydroxyl groups is 1. The second-order valence-corrected chi connectivity index (χ2v) is 2.92. The van der Waals surface area contributed by atoms with Crippen LogP contribution in [-0.2, 0) is 13.0 Å². The van der Waals surface area contributed by atoms with Crippen molar-refractivity contribution in [2.24, 2.45) is 0 Å². The first-order valence-electron chi connectivity index (χ1n) is 4.32. The van der Waals surface area contributed by atoms with Gasteiger partial charge in [-0.05, 0) is 24.1 Å². The van der Waals surface area contributed by atoms with E-state index in [1.807, 2.05) is 18.2 Å². The molecule has 1 aromatic heterocycles. The van der Waals surface area contributed by atoms with Crippen LogP contribution < -0.4 is 0 Å². The third kappa shape index (κ3) is 1.42. The average molecular weight is 177 g/mol. The van der Waals surface area contributed by atoms with Crippen LogP contribution in [0.15, 0.2) is 22.6 Å². The largest absolute Gasteiger partial charge is 0.438 e. The molecular formula is C10H11NO2. The molecule has 0 aliphatic rings. The minimum absolute atomic E-state index is 0.143. The summed E-state index contributed by atoms with van der Waals surface area (Å²) in [4.78, 5) is 4.09. The maximum Gasteiger partial charge on any atom is 0.221 e. The van der Waals surface area contributed by atoms with Gasteiger partial charge in [0.2, 0.25) is 5.89 Å². The molecule has 1 aromatic carbocycles. The lowest BCUT2D eigenvalue weighted by molar-refractivity contribution is 0.244. The topological polar surface area (TPSA) is 46.3 Å². The van der Waals surface area contributed by atoms with Crippen molar-refractivity contribution in [3.63, 3.8) is 0 Å². The van der Waals surface area contributed by atoms with Gasteiger partial charge in [-0.1, -0.05) is 13.0 Å². The number of hydrogen-bond donors (Lipinski definition) is 1. The monoisotopic (exact) mass is 177 g/mol. The van der Waals surface area contributed by atoms with Crippen molar-refractivity contribution in [3.05, 3.63) is 29.7 Å². The van der Waals surface area contributed by atoms with E-state index in [1.54, 1.807) is 0 Å². The SMILES string of the molecule is CCc1ccc2nc(CO)oc2c1. The normalized spacial score (nSPS) is 10.9. The highest BCUT2D eigenvalue weighted by atomic mass is 16.4. The Morgan fingerprint density at radius 2 is 2.31 bits per heavy atom. The maximum atomic E-state index is 8.81. The second-order valence-electron chi connectivity index (χ2n) is 2.92. The minimum Gasteiger partial charge on any atom is -0.438 e. The lowest BCUT2D eigenvalue weighted by atomic mass is 10.1. The van der Waals surface area contributed by atoms with Crippen molar-refractivity contribution in [1.29, 1.82) is 0 Å². The van der Waals surface area contributed by atoms with Gasteiger partial charge in [0.15, 0.2) is 5.58 Å². The highest BCUT2D eigenvalue weighted by molar-refractivity contribution is 5.73. The fraction of sp³-hybridized carbons (Fsp3) is 0.300. The molecule has 0 fully saturated rings. The first-order chi connectivity index (χ1) is 6.33. The van der Waals surface area contributed by atoms with Crippen LogP contribution in [0.1, 0.15) is 18.4 Å². The number of aryl methyl sites for hydroxylation is 1. The second kappa shape index (κ2) is 3.18. The third-order valence-corrected chi connectivity index (χ3v) is 2.04. The van der Waals surface area contributed by atoms with E-state index in [-0.39, 0.29) is 6.61 Å². The number of benzene rings is 1. The predicted octanol–water partition coefficient (Wildman–Crippen LogP) is 1.88. The molecule has 2 aromatic rings. The Balaban J connectivity index is 2.57. The quantitative estimate of drug-likeness (QED) is 0.761. The molecule has 0 saturated heterocycles. The van der Waals surface area contributed by atoms with Crippen LogP contribution in [0.25, 0.3) is 11.1 Å². The lowest BCUT2D eigenvalue weighted by Crippen LogP contribution is -1.79. The van der Waals surface area contributed by atoms with Gasteiger partial charge in [-0.25, -0.2) is 4.98 Å². The Kier molecular flexibility index (Phi) is 2.02. The molecule has 68 valence electrons. The molecule has 1 heterocycles. The summed E-state index contributed by atoms with van der Waals surface area (Å²) in [5.74, 6) is 0.378. The summed E-state index contributed by atoms with van der Waals surface area (Å²) < 4.78 is 5.30. The lowest BCUT2D eigenvalue weighted by Gasteiger charge is -1.92. The van der Waals surface area contributed by atoms with E-state index in [1.165, 1.54) is 5.56 Å². The molecular weight excluding hydrogens is 166 g/mol. The highest BCUT2D eigenvalue weighted by Crippen LogP contribution is 2.17. The van der Waals surface area contributed by atoms with E-state index in [4.69, 9.17) is 9.52 Å². The van der Waals surface area contributed by atoms with E-state index < -0.39 is 0 Å². The number of aromatic nitrogens is 1. The third-order valence-electron chi connectivity index (χ3n) is 2.04. The van der Waals surface area contributed by atoms with Crippen molar-refractivity contribution in [2.45, 2.75) is 20.0 Å². The molecule has 0 unspecified atom stereocenters. The minimum atomic E-state index is -0.143. The van der Waals surface area contributed by atoms with Crippen LogP contribution in [0, 0.1) is 0 Å². The molecule has 0 bridgehead atoms. The van der Waals surface area contributed by atoms with Crippen LogP contribution in [0.3, 0.4) is 0 Å². The highest BCUT2D eigenvalue weighted by Gasteiger charge is 2.04. The zero-order chi connectivity index (χ0) is 9.26.